The van der Waals surface area contributed by atoms with Crippen LogP contribution in [0.4, 0.5) is 5.69 Å². The molecule has 13 nitrogen and oxygen atoms in total. The van der Waals surface area contributed by atoms with Gasteiger partial charge in [0.25, 0.3) is 21.9 Å². The third kappa shape index (κ3) is 9.66. The number of aliphatic carboxylic acids is 1. The van der Waals surface area contributed by atoms with Crippen molar-refractivity contribution in [3.8, 4) is 11.1 Å². The molecule has 0 aliphatic rings. The molecular formula is C26H26N4O9S. The lowest BCUT2D eigenvalue weighted by Gasteiger charge is -2.14. The highest BCUT2D eigenvalue weighted by molar-refractivity contribution is 7.85. The fourth-order valence-electron chi connectivity index (χ4n) is 3.33. The third-order valence-electron chi connectivity index (χ3n) is 5.05. The molecule has 0 aliphatic carbocycles. The van der Waals surface area contributed by atoms with Gasteiger partial charge in [-0.1, -0.05) is 24.3 Å². The van der Waals surface area contributed by atoms with Crippen molar-refractivity contribution < 1.29 is 42.4 Å². The standard InChI is InChI=1S/C25H22N4O6.CH4O3S/c26-22(27)14-5-8-16(9-6-14)29-24(33)19-4-2-1-3-17(19)18-10-7-15(13-20(18)25(34)35)23(32)28-12-11-21(30)31;1-5(2,3)4/h1-10,13H,11-12H2,(H3,26,27)(H,28,32)(H,29,33)(H,30,31)(H,34,35);1H3,(H,2,3,4). The molecule has 14 heteroatoms. The maximum atomic E-state index is 13.0. The van der Waals surface area contributed by atoms with Gasteiger partial charge in [-0.05, 0) is 53.6 Å². The zero-order chi connectivity index (χ0) is 30.0. The first-order valence-electron chi connectivity index (χ1n) is 11.3. The molecular weight excluding hydrogens is 544 g/mol. The Balaban J connectivity index is 0.00000103. The van der Waals surface area contributed by atoms with Crippen molar-refractivity contribution in [2.24, 2.45) is 5.73 Å². The number of nitrogens with two attached hydrogens (primary N) is 1. The van der Waals surface area contributed by atoms with Gasteiger partial charge in [0.1, 0.15) is 5.84 Å². The van der Waals surface area contributed by atoms with Gasteiger partial charge in [-0.15, -0.1) is 0 Å². The second-order valence-electron chi connectivity index (χ2n) is 8.19. The highest BCUT2D eigenvalue weighted by atomic mass is 32.2. The molecule has 3 aromatic rings. The van der Waals surface area contributed by atoms with Gasteiger partial charge in [0.2, 0.25) is 0 Å². The van der Waals surface area contributed by atoms with Gasteiger partial charge < -0.3 is 26.6 Å². The van der Waals surface area contributed by atoms with Gasteiger partial charge in [0.15, 0.2) is 0 Å². The van der Waals surface area contributed by atoms with Crippen molar-refractivity contribution in [3.63, 3.8) is 0 Å². The third-order valence-corrected chi connectivity index (χ3v) is 5.05. The number of aromatic carboxylic acids is 1. The van der Waals surface area contributed by atoms with E-state index < -0.39 is 33.9 Å². The predicted molar refractivity (Wildman–Crippen MR) is 146 cm³/mol. The number of hydrogen-bond donors (Lipinski definition) is 7. The summed E-state index contributed by atoms with van der Waals surface area (Å²) < 4.78 is 25.9. The van der Waals surface area contributed by atoms with E-state index in [0.29, 0.717) is 23.1 Å². The monoisotopic (exact) mass is 570 g/mol. The quantitative estimate of drug-likeness (QED) is 0.112. The van der Waals surface area contributed by atoms with Crippen molar-refractivity contribution in [1.29, 1.82) is 5.41 Å². The molecule has 0 heterocycles. The lowest BCUT2D eigenvalue weighted by Crippen LogP contribution is -2.26. The Kier molecular flexibility index (Phi) is 10.6. The van der Waals surface area contributed by atoms with Crippen molar-refractivity contribution >= 4 is 45.4 Å². The molecule has 0 saturated heterocycles. The maximum Gasteiger partial charge on any atom is 0.336 e. The number of carbonyl (C=O) groups is 4. The van der Waals surface area contributed by atoms with E-state index >= 15 is 0 Å². The molecule has 0 aromatic heterocycles. The number of carboxylic acids is 2. The van der Waals surface area contributed by atoms with Gasteiger partial charge in [-0.25, -0.2) is 4.79 Å². The summed E-state index contributed by atoms with van der Waals surface area (Å²) in [6, 6.07) is 16.8. The van der Waals surface area contributed by atoms with Crippen LogP contribution in [-0.2, 0) is 14.9 Å². The van der Waals surface area contributed by atoms with E-state index in [4.69, 9.17) is 20.8 Å². The molecule has 0 unspecified atom stereocenters. The van der Waals surface area contributed by atoms with Crippen LogP contribution in [0, 0.1) is 5.41 Å². The number of amidine groups is 1. The molecule has 40 heavy (non-hydrogen) atoms. The molecule has 0 bridgehead atoms. The van der Waals surface area contributed by atoms with E-state index in [1.54, 1.807) is 48.5 Å². The Labute approximate surface area is 228 Å². The normalized spacial score (nSPS) is 10.4. The molecule has 3 aromatic carbocycles. The largest absolute Gasteiger partial charge is 0.481 e. The number of carboxylic acid groups (broad SMARTS) is 2. The summed E-state index contributed by atoms with van der Waals surface area (Å²) in [5.74, 6) is -3.57. The molecule has 0 radical (unpaired) electrons. The summed E-state index contributed by atoms with van der Waals surface area (Å²) in [4.78, 5) is 48.0. The Morgan fingerprint density at radius 1 is 0.850 bits per heavy atom. The van der Waals surface area contributed by atoms with E-state index in [9.17, 15) is 32.7 Å². The van der Waals surface area contributed by atoms with Crippen LogP contribution >= 0.6 is 0 Å². The van der Waals surface area contributed by atoms with Gasteiger partial charge in [-0.2, -0.15) is 8.42 Å². The van der Waals surface area contributed by atoms with Crippen LogP contribution in [0.2, 0.25) is 0 Å². The van der Waals surface area contributed by atoms with E-state index in [1.165, 1.54) is 18.2 Å². The number of hydrogen-bond acceptors (Lipinski definition) is 7. The van der Waals surface area contributed by atoms with Crippen LogP contribution in [0.1, 0.15) is 43.1 Å². The van der Waals surface area contributed by atoms with Crippen molar-refractivity contribution in [2.75, 3.05) is 18.1 Å². The number of anilines is 1. The molecule has 8 N–H and O–H groups in total. The van der Waals surface area contributed by atoms with Crippen molar-refractivity contribution in [3.05, 3.63) is 89.0 Å². The van der Waals surface area contributed by atoms with Crippen LogP contribution in [0.15, 0.2) is 66.7 Å². The first-order chi connectivity index (χ1) is 18.7. The van der Waals surface area contributed by atoms with Crippen LogP contribution in [0.25, 0.3) is 11.1 Å². The van der Waals surface area contributed by atoms with Gasteiger partial charge in [0, 0.05) is 28.9 Å². The van der Waals surface area contributed by atoms with E-state index in [-0.39, 0.29) is 41.1 Å². The second kappa shape index (κ2) is 13.6. The number of carbonyl (C=O) groups excluding carboxylic acids is 2. The van der Waals surface area contributed by atoms with Crippen molar-refractivity contribution in [1.82, 2.24) is 5.32 Å². The Hall–Kier alpha value is -5.08. The molecule has 0 spiro atoms. The predicted octanol–water partition coefficient (Wildman–Crippen LogP) is 2.30. The number of rotatable bonds is 9. The summed E-state index contributed by atoms with van der Waals surface area (Å²) in [6.07, 6.45) is 0.447. The zero-order valence-corrected chi connectivity index (χ0v) is 21.9. The molecule has 2 amide bonds. The van der Waals surface area contributed by atoms with E-state index in [2.05, 4.69) is 10.6 Å². The number of amides is 2. The topological polar surface area (TPSA) is 237 Å². The Bertz CT molecular complexity index is 1540. The molecule has 0 aliphatic heterocycles. The first-order valence-corrected chi connectivity index (χ1v) is 13.2. The molecule has 210 valence electrons. The minimum absolute atomic E-state index is 0.0454. The summed E-state index contributed by atoms with van der Waals surface area (Å²) >= 11 is 0. The fourth-order valence-corrected chi connectivity index (χ4v) is 3.33. The van der Waals surface area contributed by atoms with Gasteiger partial charge in [0.05, 0.1) is 18.2 Å². The van der Waals surface area contributed by atoms with Gasteiger partial charge in [-0.3, -0.25) is 24.3 Å². The van der Waals surface area contributed by atoms with Crippen LogP contribution in [-0.4, -0.2) is 65.6 Å². The highest BCUT2D eigenvalue weighted by Crippen LogP contribution is 2.29. The molecule has 0 saturated carbocycles. The van der Waals surface area contributed by atoms with Crippen LogP contribution in [0.3, 0.4) is 0 Å². The Morgan fingerprint density at radius 3 is 1.95 bits per heavy atom. The maximum absolute atomic E-state index is 13.0. The number of nitrogen functional groups attached to an aromatic ring is 1. The average molecular weight is 571 g/mol. The lowest BCUT2D eigenvalue weighted by atomic mass is 9.93. The molecule has 3 rings (SSSR count). The minimum Gasteiger partial charge on any atom is -0.481 e. The Morgan fingerprint density at radius 2 is 1.40 bits per heavy atom. The van der Waals surface area contributed by atoms with E-state index in [1.807, 2.05) is 0 Å². The number of benzene rings is 3. The first kappa shape index (κ1) is 31.1. The second-order valence-corrected chi connectivity index (χ2v) is 9.65. The zero-order valence-electron chi connectivity index (χ0n) is 21.0. The van der Waals surface area contributed by atoms with Crippen molar-refractivity contribution in [2.45, 2.75) is 6.42 Å². The lowest BCUT2D eigenvalue weighted by molar-refractivity contribution is -0.136. The SMILES string of the molecule is CS(=O)(=O)O.N=C(N)c1ccc(NC(=O)c2ccccc2-c2ccc(C(=O)NCCC(=O)O)cc2C(=O)O)cc1. The van der Waals surface area contributed by atoms with E-state index in [0.717, 1.165) is 0 Å². The smallest absolute Gasteiger partial charge is 0.336 e. The summed E-state index contributed by atoms with van der Waals surface area (Å²) in [5, 5.41) is 31.1. The fraction of sp³-hybridized carbons (Fsp3) is 0.115. The van der Waals surface area contributed by atoms with Gasteiger partial charge >= 0.3 is 11.9 Å². The minimum atomic E-state index is -3.67. The highest BCUT2D eigenvalue weighted by Gasteiger charge is 2.20. The molecule has 0 fully saturated rings. The van der Waals surface area contributed by atoms with Crippen LogP contribution in [0.5, 0.6) is 0 Å². The summed E-state index contributed by atoms with van der Waals surface area (Å²) in [6.45, 7) is -0.102. The number of nitrogens with one attached hydrogen (secondary N) is 3. The molecule has 0 atom stereocenters. The summed E-state index contributed by atoms with van der Waals surface area (Å²) in [7, 11) is -3.67. The van der Waals surface area contributed by atoms with Crippen LogP contribution < -0.4 is 16.4 Å². The summed E-state index contributed by atoms with van der Waals surface area (Å²) in [5.41, 5.74) is 7.05. The average Bonchev–Trinajstić information content (AvgIpc) is 2.87.